The number of ether oxygens (including phenoxy) is 4. The molecule has 92 heavy (non-hydrogen) atoms. The molecule has 4 N–H and O–H groups in total. The molecule has 4 aliphatic carbocycles. The van der Waals surface area contributed by atoms with Crippen LogP contribution in [0.4, 0.5) is 0 Å². The summed E-state index contributed by atoms with van der Waals surface area (Å²) in [7, 11) is 0. The topological polar surface area (TPSA) is 118 Å². The molecule has 0 aromatic heterocycles. The summed E-state index contributed by atoms with van der Waals surface area (Å²) in [5, 5.41) is 44.5. The average Bonchev–Trinajstić information content (AvgIpc) is 0.637. The van der Waals surface area contributed by atoms with Crippen LogP contribution in [0.1, 0.15) is 384 Å². The van der Waals surface area contributed by atoms with E-state index in [-0.39, 0.29) is 66.4 Å². The van der Waals surface area contributed by atoms with Crippen molar-refractivity contribution in [2.75, 3.05) is 0 Å². The second kappa shape index (κ2) is 29.9. The lowest BCUT2D eigenvalue weighted by Gasteiger charge is -2.46. The zero-order valence-corrected chi connectivity index (χ0v) is 52.4. The highest BCUT2D eigenvalue weighted by atomic mass is 16.5. The fraction of sp³-hybridized carbons (Fsp3) is 0.619. The fourth-order valence-corrected chi connectivity index (χ4v) is 11.7. The summed E-state index contributed by atoms with van der Waals surface area (Å²) in [6.45, 7) is -29.5. The van der Waals surface area contributed by atoms with Crippen LogP contribution < -0.4 is 18.9 Å². The van der Waals surface area contributed by atoms with E-state index in [4.69, 9.17) is 88.9 Å². The second-order valence-electron chi connectivity index (χ2n) is 23.8. The highest BCUT2D eigenvalue weighted by molar-refractivity contribution is 5.58. The van der Waals surface area contributed by atoms with E-state index in [1.54, 1.807) is 0 Å². The molecule has 0 saturated heterocycles. The Morgan fingerprint density at radius 2 is 0.783 bits per heavy atom. The van der Waals surface area contributed by atoms with Crippen LogP contribution in [0.2, 0.25) is 0 Å². The van der Waals surface area contributed by atoms with Crippen LogP contribution in [0, 0.1) is 23.6 Å². The van der Waals surface area contributed by atoms with E-state index in [1.165, 1.54) is 0 Å². The largest absolute Gasteiger partial charge is 0.507 e. The first-order valence-corrected chi connectivity index (χ1v) is 31.3. The fourth-order valence-electron chi connectivity index (χ4n) is 11.7. The van der Waals surface area contributed by atoms with Gasteiger partial charge < -0.3 is 39.4 Å². The third-order valence-corrected chi connectivity index (χ3v) is 16.4. The van der Waals surface area contributed by atoms with E-state index in [0.29, 0.717) is 44.6 Å². The van der Waals surface area contributed by atoms with Crippen LogP contribution in [-0.4, -0.2) is 42.8 Å². The van der Waals surface area contributed by atoms with Crippen molar-refractivity contribution < 1.29 is 118 Å². The van der Waals surface area contributed by atoms with Gasteiger partial charge in [0.2, 0.25) is 0 Å². The standard InChI is InChI=1S/4C21H30O2/c4*1-5-6-7-8-15-12-18(22)20-16-11-14(2)9-10-17(16)21(3,4)23-19(20)13-15/h4*11-13,16-17,22H,5-10H2,1-4H3/t4*16-,17-/m1111/s1/i3D3,4D3,9D2,10D2,11D,12D,13D,16D,17D;2D3,3D3,4D3,10D2,11D,12D,13D,16D,17D;2D3,3D3,4D3,9D2,12D,13D,16D;2D3,3D3,4D3,12D,13D,16D. The van der Waals surface area contributed by atoms with Gasteiger partial charge in [-0.2, -0.15) is 0 Å². The molecule has 12 rings (SSSR count). The Labute approximate surface area is 636 Å². The lowest BCUT2D eigenvalue weighted by atomic mass is 9.68. The smallest absolute Gasteiger partial charge is 0.127 e. The number of benzene rings is 4. The van der Waals surface area contributed by atoms with Gasteiger partial charge in [0.05, 0.1) is 13.7 Å². The van der Waals surface area contributed by atoms with Gasteiger partial charge in [-0.05, 0) is 255 Å². The van der Waals surface area contributed by atoms with E-state index >= 15 is 0 Å². The van der Waals surface area contributed by atoms with Crippen LogP contribution in [0.5, 0.6) is 46.0 Å². The normalized spacial score (nSPS) is 42.9. The Kier molecular flexibility index (Phi) is 8.90. The van der Waals surface area contributed by atoms with E-state index < -0.39 is 329 Å². The maximum atomic E-state index is 11.2. The zero-order valence-electron chi connectivity index (χ0n) is 109. The first-order valence-electron chi connectivity index (χ1n) is 59.8. The van der Waals surface area contributed by atoms with Gasteiger partial charge in [0, 0.05) is 134 Å². The van der Waals surface area contributed by atoms with Gasteiger partial charge in [-0.1, -0.05) is 126 Å². The van der Waals surface area contributed by atoms with E-state index in [0.717, 1.165) is 51.5 Å². The van der Waals surface area contributed by atoms with Crippen molar-refractivity contribution >= 4 is 0 Å². The van der Waals surface area contributed by atoms with Crippen molar-refractivity contribution in [2.45, 2.75) is 310 Å². The summed E-state index contributed by atoms with van der Waals surface area (Å²) >= 11 is 0. The maximum Gasteiger partial charge on any atom is 0.127 e. The van der Waals surface area contributed by atoms with Gasteiger partial charge in [-0.3, -0.25) is 0 Å². The first kappa shape index (κ1) is 27.4. The minimum atomic E-state index is -3.97. The molecule has 4 aliphatic heterocycles. The number of hydrogen-bond donors (Lipinski definition) is 4. The number of phenolic OH excluding ortho intramolecular Hbond substituents is 4. The molecule has 4 heterocycles. The molecule has 0 radical (unpaired) electrons. The van der Waals surface area contributed by atoms with E-state index in [9.17, 15) is 28.7 Å². The first-order chi connectivity index (χ1) is 66.8. The molecule has 0 amide bonds. The molecular weight excluding hydrogens is 1140 g/mol. The number of hydrogen-bond acceptors (Lipinski definition) is 8. The van der Waals surface area contributed by atoms with E-state index in [1.807, 2.05) is 27.7 Å². The van der Waals surface area contributed by atoms with Gasteiger partial charge in [-0.25, -0.2) is 0 Å². The lowest BCUT2D eigenvalue weighted by Crippen LogP contribution is -2.45. The summed E-state index contributed by atoms with van der Waals surface area (Å²) in [5.74, 6) is -30.5. The van der Waals surface area contributed by atoms with Crippen LogP contribution >= 0.6 is 0 Å². The molecule has 4 aromatic rings. The van der Waals surface area contributed by atoms with Gasteiger partial charge in [0.15, 0.2) is 0 Å². The van der Waals surface area contributed by atoms with Gasteiger partial charge in [0.25, 0.3) is 0 Å². The Bertz CT molecular complexity index is 5850. The molecule has 504 valence electrons. The number of aromatic hydroxyl groups is 4. The number of phenols is 4. The van der Waals surface area contributed by atoms with Crippen LogP contribution in [0.3, 0.4) is 0 Å². The van der Waals surface area contributed by atoms with Gasteiger partial charge in [0.1, 0.15) is 68.4 Å². The molecule has 0 fully saturated rings. The van der Waals surface area contributed by atoms with Gasteiger partial charge >= 0.3 is 0 Å². The molecule has 8 nitrogen and oxygen atoms in total. The van der Waals surface area contributed by atoms with Gasteiger partial charge in [-0.15, -0.1) is 0 Å². The summed E-state index contributed by atoms with van der Waals surface area (Å²) in [6, 6.07) is -7.34. The third kappa shape index (κ3) is 16.1. The summed E-state index contributed by atoms with van der Waals surface area (Å²) in [6.07, 6.45) is -6.31. The van der Waals surface area contributed by atoms with Crippen LogP contribution in [0.15, 0.2) is 94.9 Å². The summed E-state index contributed by atoms with van der Waals surface area (Å²) in [5.41, 5.74) is -20.1. The molecule has 0 spiro atoms. The quantitative estimate of drug-likeness (QED) is 0.0647. The second-order valence-corrected chi connectivity index (χ2v) is 23.8. The van der Waals surface area contributed by atoms with E-state index in [2.05, 4.69) is 0 Å². The molecule has 0 saturated carbocycles. The Morgan fingerprint density at radius 3 is 1.17 bits per heavy atom. The molecule has 8 heteroatoms. The molecular formula is C84H120O8. The molecule has 0 unspecified atom stereocenters. The predicted octanol–water partition coefficient (Wildman–Crippen LogP) is 22.9. The molecule has 8 aliphatic rings. The van der Waals surface area contributed by atoms with Crippen LogP contribution in [0.25, 0.3) is 0 Å². The maximum absolute atomic E-state index is 11.2. The molecule has 4 aromatic carbocycles. The number of fused-ring (bicyclic) bond motifs is 12. The molecule has 0 bridgehead atoms. The minimum absolute atomic E-state index is 0.00613. The van der Waals surface area contributed by atoms with Crippen molar-refractivity contribution in [3.63, 3.8) is 0 Å². The lowest BCUT2D eigenvalue weighted by molar-refractivity contribution is 0.0104. The number of allylic oxidation sites excluding steroid dienone is 8. The summed E-state index contributed by atoms with van der Waals surface area (Å²) < 4.78 is 500. The number of rotatable bonds is 16. The SMILES string of the molecule is [2H]C1=C(C([2H])([2H])[2H])CC([2H])([2H])[C@@]2([2H])C(C([2H])([2H])[2H])(C([2H])([2H])[2H])Oc3c([2H])c(CCCCC)c([2H])c(O)c3[C@]12[2H].[2H]C1=C(C)C([2H])([2H])C([2H])([2H])[C@@]2([2H])C(C([2H])([2H])[2H])(C([2H])([2H])[2H])Oc3c([2H])c(CCCCC)c([2H])c(O)c3[C@]12[2H].[2H]c1c(O)c2c(c([2H])c1CCCCC)OC(C([2H])([2H])[2H])(C([2H])([2H])[2H])[C@@H]1CC([2H])([2H])C(C([2H])([2H])[2H])=C[C@@]21[2H].[2H]c1c(O)c2c(c([2H])c1CCCCC)OC(C([2H])([2H])[2H])(C([2H])([2H])[2H])[C@@H]1CCC(C([2H])([2H])[2H])=C[C@@]21[2H]. The molecule has 8 atom stereocenters. The zero-order chi connectivity index (χ0) is 115. The van der Waals surface area contributed by atoms with Crippen molar-refractivity contribution in [1.29, 1.82) is 0 Å². The van der Waals surface area contributed by atoms with Crippen molar-refractivity contribution in [3.8, 4) is 46.0 Å². The van der Waals surface area contributed by atoms with Crippen LogP contribution in [-0.2, 0) is 25.7 Å². The third-order valence-electron chi connectivity index (χ3n) is 16.4. The predicted molar refractivity (Wildman–Crippen MR) is 381 cm³/mol. The highest BCUT2D eigenvalue weighted by Crippen LogP contribution is 2.58. The van der Waals surface area contributed by atoms with Crippen molar-refractivity contribution in [2.24, 2.45) is 23.6 Å². The number of unbranched alkanes of at least 4 members (excludes halogenated alkanes) is 8. The monoisotopic (exact) mass is 1310 g/mol. The minimum Gasteiger partial charge on any atom is -0.507 e. The average molecular weight is 1320 g/mol. The highest BCUT2D eigenvalue weighted by Gasteiger charge is 2.49. The Balaban J connectivity index is 0.000000221. The van der Waals surface area contributed by atoms with Crippen molar-refractivity contribution in [3.05, 3.63) is 139 Å². The Morgan fingerprint density at radius 1 is 0.424 bits per heavy atom. The van der Waals surface area contributed by atoms with Crippen molar-refractivity contribution in [1.82, 2.24) is 0 Å². The summed E-state index contributed by atoms with van der Waals surface area (Å²) in [4.78, 5) is 0. The Hall–Kier alpha value is -5.76.